The lowest BCUT2D eigenvalue weighted by Crippen LogP contribution is -2.38. The van der Waals surface area contributed by atoms with Crippen molar-refractivity contribution in [2.75, 3.05) is 27.2 Å². The second kappa shape index (κ2) is 10.8. The van der Waals surface area contributed by atoms with Gasteiger partial charge in [0.1, 0.15) is 0 Å². The van der Waals surface area contributed by atoms with Crippen molar-refractivity contribution in [3.63, 3.8) is 0 Å². The number of likely N-dealkylation sites (N-methyl/N-ethyl adjacent to an activating group) is 1. The van der Waals surface area contributed by atoms with Crippen LogP contribution in [-0.4, -0.2) is 55.7 Å². The van der Waals surface area contributed by atoms with Gasteiger partial charge in [0.05, 0.1) is 13.0 Å². The van der Waals surface area contributed by atoms with Crippen molar-refractivity contribution in [3.05, 3.63) is 60.2 Å². The summed E-state index contributed by atoms with van der Waals surface area (Å²) < 4.78 is 4.83. The molecule has 0 radical (unpaired) electrons. The standard InChI is InChI=1S/C22H24N2O5/c1-24(2)21(27)14-23-20(26)15-29-22(28)13-12-19(25)18-10-8-17(9-11-18)16-6-4-3-5-7-16/h3-11H,12-15H2,1-2H3,(H,23,26). The van der Waals surface area contributed by atoms with Crippen LogP contribution in [0.25, 0.3) is 11.1 Å². The minimum absolute atomic E-state index is 0.00967. The molecule has 0 bridgehead atoms. The first-order chi connectivity index (χ1) is 13.9. The Bertz CT molecular complexity index is 861. The molecule has 2 amide bonds. The summed E-state index contributed by atoms with van der Waals surface area (Å²) in [6.45, 7) is -0.652. The summed E-state index contributed by atoms with van der Waals surface area (Å²) in [4.78, 5) is 48.2. The highest BCUT2D eigenvalue weighted by Gasteiger charge is 2.13. The van der Waals surface area contributed by atoms with E-state index in [0.29, 0.717) is 5.56 Å². The van der Waals surface area contributed by atoms with Crippen LogP contribution in [0.15, 0.2) is 54.6 Å². The molecule has 0 atom stereocenters. The molecule has 2 aromatic rings. The molecule has 2 rings (SSSR count). The summed E-state index contributed by atoms with van der Waals surface area (Å²) in [5.74, 6) is -1.67. The predicted molar refractivity (Wildman–Crippen MR) is 108 cm³/mol. The minimum atomic E-state index is -0.645. The predicted octanol–water partition coefficient (Wildman–Crippen LogP) is 2.06. The van der Waals surface area contributed by atoms with Gasteiger partial charge in [0.2, 0.25) is 5.91 Å². The SMILES string of the molecule is CN(C)C(=O)CNC(=O)COC(=O)CCC(=O)c1ccc(-c2ccccc2)cc1. The summed E-state index contributed by atoms with van der Waals surface area (Å²) in [6.07, 6.45) is -0.132. The smallest absolute Gasteiger partial charge is 0.306 e. The van der Waals surface area contributed by atoms with Crippen molar-refractivity contribution in [2.45, 2.75) is 12.8 Å². The summed E-state index contributed by atoms with van der Waals surface area (Å²) >= 11 is 0. The van der Waals surface area contributed by atoms with Crippen molar-refractivity contribution >= 4 is 23.6 Å². The first-order valence-corrected chi connectivity index (χ1v) is 9.18. The number of amides is 2. The van der Waals surface area contributed by atoms with E-state index in [2.05, 4.69) is 5.32 Å². The highest BCUT2D eigenvalue weighted by atomic mass is 16.5. The molecule has 0 unspecified atom stereocenters. The monoisotopic (exact) mass is 396 g/mol. The number of ketones is 1. The van der Waals surface area contributed by atoms with Crippen molar-refractivity contribution in [1.82, 2.24) is 10.2 Å². The van der Waals surface area contributed by atoms with E-state index < -0.39 is 18.5 Å². The van der Waals surface area contributed by atoms with Crippen LogP contribution >= 0.6 is 0 Å². The fourth-order valence-corrected chi connectivity index (χ4v) is 2.44. The third kappa shape index (κ3) is 7.21. The van der Waals surface area contributed by atoms with Crippen LogP contribution in [0.3, 0.4) is 0 Å². The lowest BCUT2D eigenvalue weighted by Gasteiger charge is -2.11. The third-order valence-corrected chi connectivity index (χ3v) is 4.17. The Kier molecular flexibility index (Phi) is 8.09. The van der Waals surface area contributed by atoms with Crippen molar-refractivity contribution in [3.8, 4) is 11.1 Å². The number of nitrogens with zero attached hydrogens (tertiary/aromatic N) is 1. The molecule has 0 aliphatic carbocycles. The van der Waals surface area contributed by atoms with Crippen LogP contribution in [0.4, 0.5) is 0 Å². The molecule has 0 saturated heterocycles. The molecule has 7 nitrogen and oxygen atoms in total. The summed E-state index contributed by atoms with van der Waals surface area (Å²) in [7, 11) is 3.14. The topological polar surface area (TPSA) is 92.8 Å². The molecular formula is C22H24N2O5. The second-order valence-electron chi connectivity index (χ2n) is 6.59. The normalized spacial score (nSPS) is 10.1. The third-order valence-electron chi connectivity index (χ3n) is 4.17. The lowest BCUT2D eigenvalue weighted by molar-refractivity contribution is -0.148. The zero-order chi connectivity index (χ0) is 21.2. The van der Waals surface area contributed by atoms with Crippen LogP contribution in [0, 0.1) is 0 Å². The average molecular weight is 396 g/mol. The Morgan fingerprint density at radius 1 is 0.862 bits per heavy atom. The number of hydrogen-bond donors (Lipinski definition) is 1. The highest BCUT2D eigenvalue weighted by molar-refractivity contribution is 5.98. The second-order valence-corrected chi connectivity index (χ2v) is 6.59. The molecule has 7 heteroatoms. The number of carbonyl (C=O) groups excluding carboxylic acids is 4. The Hall–Kier alpha value is -3.48. The number of hydrogen-bond acceptors (Lipinski definition) is 5. The van der Waals surface area contributed by atoms with E-state index in [1.165, 1.54) is 4.90 Å². The highest BCUT2D eigenvalue weighted by Crippen LogP contribution is 2.19. The van der Waals surface area contributed by atoms with Gasteiger partial charge in [-0.2, -0.15) is 0 Å². The maximum Gasteiger partial charge on any atom is 0.306 e. The Labute approximate surface area is 169 Å². The number of esters is 1. The molecule has 1 N–H and O–H groups in total. The van der Waals surface area contributed by atoms with Gasteiger partial charge in [0.25, 0.3) is 5.91 Å². The van der Waals surface area contributed by atoms with Crippen LogP contribution in [-0.2, 0) is 19.1 Å². The van der Waals surface area contributed by atoms with Crippen molar-refractivity contribution in [2.24, 2.45) is 0 Å². The lowest BCUT2D eigenvalue weighted by atomic mass is 10.0. The van der Waals surface area contributed by atoms with E-state index in [4.69, 9.17) is 4.74 Å². The number of carbonyl (C=O) groups is 4. The fourth-order valence-electron chi connectivity index (χ4n) is 2.44. The molecule has 0 fully saturated rings. The van der Waals surface area contributed by atoms with E-state index in [9.17, 15) is 19.2 Å². The van der Waals surface area contributed by atoms with E-state index in [1.54, 1.807) is 26.2 Å². The first kappa shape index (κ1) is 21.8. The molecule has 29 heavy (non-hydrogen) atoms. The van der Waals surface area contributed by atoms with Crippen molar-refractivity contribution < 1.29 is 23.9 Å². The summed E-state index contributed by atoms with van der Waals surface area (Å²) in [5.41, 5.74) is 2.57. The van der Waals surface area contributed by atoms with Crippen LogP contribution < -0.4 is 5.32 Å². The number of ether oxygens (including phenoxy) is 1. The van der Waals surface area contributed by atoms with Crippen LogP contribution in [0.2, 0.25) is 0 Å². The van der Waals surface area contributed by atoms with Gasteiger partial charge in [0, 0.05) is 26.1 Å². The maximum absolute atomic E-state index is 12.2. The van der Waals surface area contributed by atoms with E-state index in [0.717, 1.165) is 11.1 Å². The summed E-state index contributed by atoms with van der Waals surface area (Å²) in [6, 6.07) is 17.0. The van der Waals surface area contributed by atoms with Gasteiger partial charge in [-0.05, 0) is 11.1 Å². The molecular weight excluding hydrogens is 372 g/mol. The maximum atomic E-state index is 12.2. The molecule has 0 aliphatic rings. The van der Waals surface area contributed by atoms with Gasteiger partial charge >= 0.3 is 5.97 Å². The first-order valence-electron chi connectivity index (χ1n) is 9.18. The number of Topliss-reactive ketones (excluding diaryl/α,β-unsaturated/α-hetero) is 1. The van der Waals surface area contributed by atoms with E-state index in [1.807, 2.05) is 42.5 Å². The summed E-state index contributed by atoms with van der Waals surface area (Å²) in [5, 5.41) is 2.35. The molecule has 152 valence electrons. The van der Waals surface area contributed by atoms with Gasteiger partial charge in [-0.3, -0.25) is 19.2 Å². The Balaban J connectivity index is 1.73. The fraction of sp³-hybridized carbons (Fsp3) is 0.273. The van der Waals surface area contributed by atoms with Gasteiger partial charge < -0.3 is 15.0 Å². The quantitative estimate of drug-likeness (QED) is 0.517. The van der Waals surface area contributed by atoms with E-state index in [-0.39, 0.29) is 31.1 Å². The van der Waals surface area contributed by atoms with Crippen LogP contribution in [0.5, 0.6) is 0 Å². The molecule has 2 aromatic carbocycles. The Morgan fingerprint density at radius 3 is 2.10 bits per heavy atom. The molecule has 0 heterocycles. The molecule has 0 aromatic heterocycles. The number of rotatable bonds is 9. The number of benzene rings is 2. The Morgan fingerprint density at radius 2 is 1.48 bits per heavy atom. The van der Waals surface area contributed by atoms with Gasteiger partial charge in [-0.25, -0.2) is 0 Å². The van der Waals surface area contributed by atoms with Crippen molar-refractivity contribution in [1.29, 1.82) is 0 Å². The average Bonchev–Trinajstić information content (AvgIpc) is 2.74. The van der Waals surface area contributed by atoms with E-state index >= 15 is 0 Å². The molecule has 0 saturated carbocycles. The van der Waals surface area contributed by atoms with Crippen LogP contribution in [0.1, 0.15) is 23.2 Å². The van der Waals surface area contributed by atoms with Gasteiger partial charge in [-0.1, -0.05) is 54.6 Å². The minimum Gasteiger partial charge on any atom is -0.456 e. The molecule has 0 spiro atoms. The molecule has 0 aliphatic heterocycles. The number of nitrogens with one attached hydrogen (secondary N) is 1. The zero-order valence-corrected chi connectivity index (χ0v) is 16.5. The largest absolute Gasteiger partial charge is 0.456 e. The van der Waals surface area contributed by atoms with Gasteiger partial charge in [0.15, 0.2) is 12.4 Å². The zero-order valence-electron chi connectivity index (χ0n) is 16.5. The van der Waals surface area contributed by atoms with Gasteiger partial charge in [-0.15, -0.1) is 0 Å².